The van der Waals surface area contributed by atoms with Crippen molar-refractivity contribution in [2.45, 2.75) is 27.7 Å². The van der Waals surface area contributed by atoms with E-state index in [2.05, 4.69) is 0 Å². The molecule has 0 spiro atoms. The van der Waals surface area contributed by atoms with Crippen LogP contribution in [0.15, 0.2) is 72.8 Å². The zero-order valence-electron chi connectivity index (χ0n) is 19.1. The number of ether oxygens (including phenoxy) is 1. The number of aryl methyl sites for hydroxylation is 4. The van der Waals surface area contributed by atoms with Crippen LogP contribution in [0.3, 0.4) is 0 Å². The minimum atomic E-state index is 0.0689. The SMILES string of the molecule is Cc1ccc(N(c2ccc(C)cc2O)c2ccccc2Oc2c(C)ccc(C)c2O)c(O)c1. The number of aromatic hydroxyl groups is 3. The summed E-state index contributed by atoms with van der Waals surface area (Å²) in [6.45, 7) is 7.48. The lowest BCUT2D eigenvalue weighted by Crippen LogP contribution is -2.12. The van der Waals surface area contributed by atoms with Crippen molar-refractivity contribution in [1.29, 1.82) is 0 Å². The number of benzene rings is 4. The molecule has 0 aliphatic rings. The molecule has 0 saturated carbocycles. The van der Waals surface area contributed by atoms with E-state index in [0.717, 1.165) is 16.7 Å². The predicted octanol–water partition coefficient (Wildman–Crippen LogP) is 7.30. The Morgan fingerprint density at radius 3 is 1.73 bits per heavy atom. The maximum absolute atomic E-state index is 10.8. The van der Waals surface area contributed by atoms with E-state index in [1.54, 1.807) is 35.2 Å². The molecule has 0 heterocycles. The maximum Gasteiger partial charge on any atom is 0.172 e. The van der Waals surface area contributed by atoms with Crippen LogP contribution in [-0.4, -0.2) is 15.3 Å². The van der Waals surface area contributed by atoms with Gasteiger partial charge in [-0.2, -0.15) is 0 Å². The first-order valence-corrected chi connectivity index (χ1v) is 10.7. The molecule has 4 rings (SSSR count). The van der Waals surface area contributed by atoms with Gasteiger partial charge in [0.25, 0.3) is 0 Å². The average Bonchev–Trinajstić information content (AvgIpc) is 2.77. The molecule has 0 aliphatic heterocycles. The van der Waals surface area contributed by atoms with Crippen LogP contribution < -0.4 is 9.64 Å². The van der Waals surface area contributed by atoms with Gasteiger partial charge in [-0.25, -0.2) is 0 Å². The normalized spacial score (nSPS) is 10.8. The summed E-state index contributed by atoms with van der Waals surface area (Å²) >= 11 is 0. The van der Waals surface area contributed by atoms with Crippen LogP contribution in [0.2, 0.25) is 0 Å². The molecule has 4 aromatic carbocycles. The van der Waals surface area contributed by atoms with Gasteiger partial charge in [-0.05, 0) is 86.3 Å². The zero-order chi connectivity index (χ0) is 23.7. The topological polar surface area (TPSA) is 73.2 Å². The molecule has 4 aromatic rings. The summed E-state index contributed by atoms with van der Waals surface area (Å²) in [6, 6.07) is 21.8. The Morgan fingerprint density at radius 1 is 0.606 bits per heavy atom. The van der Waals surface area contributed by atoms with Gasteiger partial charge in [-0.15, -0.1) is 0 Å². The van der Waals surface area contributed by atoms with Gasteiger partial charge < -0.3 is 20.1 Å². The largest absolute Gasteiger partial charge is 0.506 e. The molecular formula is C28H27NO4. The van der Waals surface area contributed by atoms with Gasteiger partial charge in [0, 0.05) is 0 Å². The second-order valence-electron chi connectivity index (χ2n) is 8.27. The highest BCUT2D eigenvalue weighted by atomic mass is 16.5. The third-order valence-electron chi connectivity index (χ3n) is 5.59. The van der Waals surface area contributed by atoms with Crippen LogP contribution >= 0.6 is 0 Å². The lowest BCUT2D eigenvalue weighted by molar-refractivity contribution is 0.406. The number of para-hydroxylation sites is 2. The van der Waals surface area contributed by atoms with E-state index in [4.69, 9.17) is 4.74 Å². The molecule has 33 heavy (non-hydrogen) atoms. The van der Waals surface area contributed by atoms with Crippen LogP contribution in [0.4, 0.5) is 17.1 Å². The molecule has 0 atom stereocenters. The zero-order valence-corrected chi connectivity index (χ0v) is 19.1. The van der Waals surface area contributed by atoms with E-state index < -0.39 is 0 Å². The summed E-state index contributed by atoms with van der Waals surface area (Å²) in [7, 11) is 0. The van der Waals surface area contributed by atoms with E-state index in [9.17, 15) is 15.3 Å². The van der Waals surface area contributed by atoms with E-state index in [-0.39, 0.29) is 17.2 Å². The fraction of sp³-hybridized carbons (Fsp3) is 0.143. The van der Waals surface area contributed by atoms with Crippen molar-refractivity contribution in [3.63, 3.8) is 0 Å². The van der Waals surface area contributed by atoms with Crippen molar-refractivity contribution in [1.82, 2.24) is 0 Å². The van der Waals surface area contributed by atoms with Crippen molar-refractivity contribution >= 4 is 17.1 Å². The first kappa shape index (κ1) is 22.1. The molecule has 3 N–H and O–H groups in total. The maximum atomic E-state index is 10.8. The fourth-order valence-electron chi connectivity index (χ4n) is 3.77. The van der Waals surface area contributed by atoms with Crippen molar-refractivity contribution in [2.24, 2.45) is 0 Å². The quantitative estimate of drug-likeness (QED) is 0.303. The van der Waals surface area contributed by atoms with Crippen molar-refractivity contribution < 1.29 is 20.1 Å². The van der Waals surface area contributed by atoms with Gasteiger partial charge in [0.15, 0.2) is 17.2 Å². The van der Waals surface area contributed by atoms with Crippen molar-refractivity contribution in [3.8, 4) is 28.7 Å². The van der Waals surface area contributed by atoms with Crippen LogP contribution in [0.25, 0.3) is 0 Å². The van der Waals surface area contributed by atoms with Gasteiger partial charge in [0.1, 0.15) is 11.5 Å². The number of anilines is 3. The summed E-state index contributed by atoms with van der Waals surface area (Å²) in [6.07, 6.45) is 0. The van der Waals surface area contributed by atoms with Crippen molar-refractivity contribution in [3.05, 3.63) is 95.1 Å². The monoisotopic (exact) mass is 441 g/mol. The summed E-state index contributed by atoms with van der Waals surface area (Å²) in [5, 5.41) is 32.3. The van der Waals surface area contributed by atoms with E-state index >= 15 is 0 Å². The van der Waals surface area contributed by atoms with Crippen LogP contribution in [0, 0.1) is 27.7 Å². The van der Waals surface area contributed by atoms with Gasteiger partial charge in [-0.1, -0.05) is 36.4 Å². The van der Waals surface area contributed by atoms with E-state index in [1.807, 2.05) is 70.2 Å². The Labute approximate surface area is 193 Å². The van der Waals surface area contributed by atoms with E-state index in [1.165, 1.54) is 0 Å². The molecule has 0 aromatic heterocycles. The summed E-state index contributed by atoms with van der Waals surface area (Å²) in [4.78, 5) is 1.75. The molecule has 5 heteroatoms. The Kier molecular flexibility index (Phi) is 5.88. The Hall–Kier alpha value is -4.12. The minimum absolute atomic E-state index is 0.0689. The molecule has 0 aliphatic carbocycles. The Bertz CT molecular complexity index is 1280. The second-order valence-corrected chi connectivity index (χ2v) is 8.27. The molecule has 0 radical (unpaired) electrons. The third-order valence-corrected chi connectivity index (χ3v) is 5.59. The first-order chi connectivity index (χ1) is 15.8. The second kappa shape index (κ2) is 8.79. The number of phenols is 3. The third kappa shape index (κ3) is 4.30. The minimum Gasteiger partial charge on any atom is -0.506 e. The molecule has 0 saturated heterocycles. The van der Waals surface area contributed by atoms with Gasteiger partial charge in [-0.3, -0.25) is 4.90 Å². The van der Waals surface area contributed by atoms with Gasteiger partial charge in [0.2, 0.25) is 0 Å². The van der Waals surface area contributed by atoms with Crippen molar-refractivity contribution in [2.75, 3.05) is 4.90 Å². The first-order valence-electron chi connectivity index (χ1n) is 10.7. The smallest absolute Gasteiger partial charge is 0.172 e. The number of hydrogen-bond donors (Lipinski definition) is 3. The number of nitrogens with zero attached hydrogens (tertiary/aromatic N) is 1. The lowest BCUT2D eigenvalue weighted by atomic mass is 10.1. The van der Waals surface area contributed by atoms with Gasteiger partial charge in [0.05, 0.1) is 17.1 Å². The number of phenolic OH excluding ortho intramolecular Hbond substituents is 3. The number of hydrogen-bond acceptors (Lipinski definition) is 5. The molecule has 0 unspecified atom stereocenters. The molecule has 0 bridgehead atoms. The average molecular weight is 442 g/mol. The van der Waals surface area contributed by atoms with Gasteiger partial charge >= 0.3 is 0 Å². The summed E-state index contributed by atoms with van der Waals surface area (Å²) < 4.78 is 6.25. The summed E-state index contributed by atoms with van der Waals surface area (Å²) in [5.74, 6) is 1.04. The Morgan fingerprint density at radius 2 is 1.15 bits per heavy atom. The predicted molar refractivity (Wildman–Crippen MR) is 132 cm³/mol. The standard InChI is InChI=1S/C28H27NO4/c1-17-9-13-21(24(30)15-17)29(22-14-10-18(2)16-25(22)31)23-7-5-6-8-26(23)33-28-20(4)12-11-19(3)27(28)32/h5-16,30-32H,1-4H3. The van der Waals surface area contributed by atoms with E-state index in [0.29, 0.717) is 34.1 Å². The highest BCUT2D eigenvalue weighted by Gasteiger charge is 2.23. The summed E-state index contributed by atoms with van der Waals surface area (Å²) in [5.41, 5.74) is 4.88. The van der Waals surface area contributed by atoms with Crippen LogP contribution in [-0.2, 0) is 0 Å². The number of rotatable bonds is 5. The molecule has 0 fully saturated rings. The highest BCUT2D eigenvalue weighted by molar-refractivity contribution is 5.85. The highest BCUT2D eigenvalue weighted by Crippen LogP contribution is 2.48. The molecule has 0 amide bonds. The molecule has 5 nitrogen and oxygen atoms in total. The Balaban J connectivity index is 1.93. The van der Waals surface area contributed by atoms with Crippen LogP contribution in [0.5, 0.6) is 28.7 Å². The molecular weight excluding hydrogens is 414 g/mol. The van der Waals surface area contributed by atoms with Crippen LogP contribution in [0.1, 0.15) is 22.3 Å². The lowest BCUT2D eigenvalue weighted by Gasteiger charge is -2.29. The molecule has 168 valence electrons. The fourth-order valence-corrected chi connectivity index (χ4v) is 3.77.